The molecule has 0 aliphatic heterocycles. The molecule has 0 spiro atoms. The first-order valence-electron chi connectivity index (χ1n) is 7.45. The fraction of sp³-hybridized carbons (Fsp3) is 0.222. The molecule has 4 heteroatoms. The molecule has 0 atom stereocenters. The first kappa shape index (κ1) is 15.0. The van der Waals surface area contributed by atoms with Gasteiger partial charge >= 0.3 is 0 Å². The van der Waals surface area contributed by atoms with Gasteiger partial charge < -0.3 is 0 Å². The summed E-state index contributed by atoms with van der Waals surface area (Å²) in [6.45, 7) is 0. The summed E-state index contributed by atoms with van der Waals surface area (Å²) in [5, 5.41) is 4.40. The van der Waals surface area contributed by atoms with Gasteiger partial charge in [-0.2, -0.15) is 5.10 Å². The van der Waals surface area contributed by atoms with Crippen molar-refractivity contribution < 1.29 is 4.79 Å². The van der Waals surface area contributed by atoms with Crippen LogP contribution in [-0.2, 0) is 6.42 Å². The van der Waals surface area contributed by atoms with Crippen LogP contribution in [0.25, 0.3) is 0 Å². The molecule has 2 aromatic rings. The highest BCUT2D eigenvalue weighted by atomic mass is 79.9. The van der Waals surface area contributed by atoms with E-state index in [2.05, 4.69) is 44.7 Å². The number of fused-ring (bicyclic) bond motifs is 1. The molecule has 0 radical (unpaired) electrons. The van der Waals surface area contributed by atoms with Crippen LogP contribution in [0.2, 0.25) is 0 Å². The van der Waals surface area contributed by atoms with Crippen molar-refractivity contribution in [1.29, 1.82) is 0 Å². The minimum absolute atomic E-state index is 0.193. The summed E-state index contributed by atoms with van der Waals surface area (Å²) < 4.78 is 0.772. The third kappa shape index (κ3) is 3.28. The van der Waals surface area contributed by atoms with Gasteiger partial charge in [0.2, 0.25) is 0 Å². The molecule has 0 fully saturated rings. The monoisotopic (exact) mass is 356 g/mol. The molecule has 1 N–H and O–H groups in total. The summed E-state index contributed by atoms with van der Waals surface area (Å²) in [5.74, 6) is -0.193. The number of nitrogens with one attached hydrogen (secondary N) is 1. The number of hydrazone groups is 1. The van der Waals surface area contributed by atoms with Crippen molar-refractivity contribution in [2.75, 3.05) is 0 Å². The maximum Gasteiger partial charge on any atom is 0.272 e. The molecule has 2 aromatic carbocycles. The number of benzene rings is 2. The van der Waals surface area contributed by atoms with Gasteiger partial charge in [-0.15, -0.1) is 0 Å². The van der Waals surface area contributed by atoms with E-state index in [0.717, 1.165) is 41.4 Å². The molecule has 0 aromatic heterocycles. The molecule has 0 unspecified atom stereocenters. The molecule has 3 rings (SSSR count). The number of hydrogen-bond acceptors (Lipinski definition) is 2. The van der Waals surface area contributed by atoms with E-state index in [-0.39, 0.29) is 5.91 Å². The van der Waals surface area contributed by atoms with E-state index in [1.54, 1.807) is 6.07 Å². The lowest BCUT2D eigenvalue weighted by Crippen LogP contribution is -2.20. The number of carbonyl (C=O) groups is 1. The lowest BCUT2D eigenvalue weighted by Gasteiger charge is -2.08. The Morgan fingerprint density at radius 1 is 1.00 bits per heavy atom. The Bertz CT molecular complexity index is 725. The number of nitrogens with zero attached hydrogens (tertiary/aromatic N) is 1. The van der Waals surface area contributed by atoms with Gasteiger partial charge in [-0.05, 0) is 59.3 Å². The van der Waals surface area contributed by atoms with Crippen molar-refractivity contribution in [2.24, 2.45) is 5.10 Å². The predicted molar refractivity (Wildman–Crippen MR) is 92.1 cm³/mol. The van der Waals surface area contributed by atoms with E-state index in [0.29, 0.717) is 5.56 Å². The molecular formula is C18H17BrN2O. The topological polar surface area (TPSA) is 41.5 Å². The van der Waals surface area contributed by atoms with Gasteiger partial charge in [-0.3, -0.25) is 4.79 Å². The number of hydrogen-bond donors (Lipinski definition) is 1. The second-order valence-corrected chi connectivity index (χ2v) is 6.20. The standard InChI is InChI=1S/C18H17BrN2O/c19-16-11-5-4-10-15(16)18(22)21-20-17-12-6-2-8-13-7-1-3-9-14(13)17/h1,3-5,7,9-11H,2,6,8,12H2,(H,21,22)/b20-17-. The van der Waals surface area contributed by atoms with E-state index in [1.807, 2.05) is 24.3 Å². The number of carbonyl (C=O) groups excluding carboxylic acids is 1. The first-order chi connectivity index (χ1) is 10.8. The van der Waals surface area contributed by atoms with Crippen LogP contribution >= 0.6 is 15.9 Å². The highest BCUT2D eigenvalue weighted by molar-refractivity contribution is 9.10. The second kappa shape index (κ2) is 6.88. The minimum Gasteiger partial charge on any atom is -0.267 e. The Hall–Kier alpha value is -1.94. The van der Waals surface area contributed by atoms with E-state index in [4.69, 9.17) is 0 Å². The Morgan fingerprint density at radius 3 is 2.59 bits per heavy atom. The summed E-state index contributed by atoms with van der Waals surface area (Å²) >= 11 is 3.39. The van der Waals surface area contributed by atoms with Gasteiger partial charge in [0.15, 0.2) is 0 Å². The van der Waals surface area contributed by atoms with Crippen LogP contribution in [0.3, 0.4) is 0 Å². The Balaban J connectivity index is 1.84. The largest absolute Gasteiger partial charge is 0.272 e. The van der Waals surface area contributed by atoms with Crippen LogP contribution in [0.4, 0.5) is 0 Å². The van der Waals surface area contributed by atoms with Crippen LogP contribution in [0.15, 0.2) is 58.1 Å². The molecule has 112 valence electrons. The van der Waals surface area contributed by atoms with Gasteiger partial charge in [0.25, 0.3) is 5.91 Å². The Morgan fingerprint density at radius 2 is 1.73 bits per heavy atom. The number of rotatable bonds is 2. The third-order valence-corrected chi connectivity index (χ3v) is 4.54. The van der Waals surface area contributed by atoms with Crippen LogP contribution < -0.4 is 5.43 Å². The highest BCUT2D eigenvalue weighted by Crippen LogP contribution is 2.21. The molecule has 1 aliphatic rings. The van der Waals surface area contributed by atoms with Gasteiger partial charge in [0.1, 0.15) is 0 Å². The van der Waals surface area contributed by atoms with E-state index in [1.165, 1.54) is 5.56 Å². The molecule has 22 heavy (non-hydrogen) atoms. The van der Waals surface area contributed by atoms with Crippen molar-refractivity contribution in [3.05, 3.63) is 69.7 Å². The average Bonchev–Trinajstić information content (AvgIpc) is 2.75. The van der Waals surface area contributed by atoms with Crippen LogP contribution in [0.5, 0.6) is 0 Å². The molecular weight excluding hydrogens is 340 g/mol. The normalized spacial score (nSPS) is 16.0. The van der Waals surface area contributed by atoms with E-state index in [9.17, 15) is 4.79 Å². The fourth-order valence-electron chi connectivity index (χ4n) is 2.70. The Labute approximate surface area is 138 Å². The number of halogens is 1. The van der Waals surface area contributed by atoms with E-state index >= 15 is 0 Å². The van der Waals surface area contributed by atoms with Crippen molar-refractivity contribution in [1.82, 2.24) is 5.43 Å². The molecule has 0 saturated heterocycles. The summed E-state index contributed by atoms with van der Waals surface area (Å²) in [5.41, 5.74) is 6.73. The van der Waals surface area contributed by atoms with Gasteiger partial charge in [-0.1, -0.05) is 36.4 Å². The van der Waals surface area contributed by atoms with Crippen molar-refractivity contribution in [3.8, 4) is 0 Å². The van der Waals surface area contributed by atoms with Gasteiger partial charge in [-0.25, -0.2) is 5.43 Å². The summed E-state index contributed by atoms with van der Waals surface area (Å²) in [4.78, 5) is 12.3. The SMILES string of the molecule is O=C(N/N=C1/CCCCc2ccccc21)c1ccccc1Br. The second-order valence-electron chi connectivity index (χ2n) is 5.34. The summed E-state index contributed by atoms with van der Waals surface area (Å²) in [6.07, 6.45) is 4.23. The number of aryl methyl sites for hydroxylation is 1. The van der Waals surface area contributed by atoms with E-state index < -0.39 is 0 Å². The lowest BCUT2D eigenvalue weighted by atomic mass is 10.0. The average molecular weight is 357 g/mol. The lowest BCUT2D eigenvalue weighted by molar-refractivity contribution is 0.0954. The molecule has 1 amide bonds. The summed E-state index contributed by atoms with van der Waals surface area (Å²) in [6, 6.07) is 15.7. The smallest absolute Gasteiger partial charge is 0.267 e. The highest BCUT2D eigenvalue weighted by Gasteiger charge is 2.14. The summed E-state index contributed by atoms with van der Waals surface area (Å²) in [7, 11) is 0. The van der Waals surface area contributed by atoms with Crippen molar-refractivity contribution in [3.63, 3.8) is 0 Å². The predicted octanol–water partition coefficient (Wildman–Crippen LogP) is 4.31. The zero-order valence-corrected chi connectivity index (χ0v) is 13.8. The van der Waals surface area contributed by atoms with Crippen LogP contribution in [0, 0.1) is 0 Å². The molecule has 1 aliphatic carbocycles. The third-order valence-electron chi connectivity index (χ3n) is 3.85. The van der Waals surface area contributed by atoms with Crippen LogP contribution in [0.1, 0.15) is 40.7 Å². The fourth-order valence-corrected chi connectivity index (χ4v) is 3.17. The van der Waals surface area contributed by atoms with Crippen molar-refractivity contribution in [2.45, 2.75) is 25.7 Å². The molecule has 0 bridgehead atoms. The maximum atomic E-state index is 12.3. The van der Waals surface area contributed by atoms with Gasteiger partial charge in [0, 0.05) is 10.0 Å². The zero-order chi connectivity index (χ0) is 15.4. The van der Waals surface area contributed by atoms with Crippen molar-refractivity contribution >= 4 is 27.5 Å². The number of amides is 1. The zero-order valence-electron chi connectivity index (χ0n) is 12.2. The molecule has 0 heterocycles. The van der Waals surface area contributed by atoms with Crippen LogP contribution in [-0.4, -0.2) is 11.6 Å². The molecule has 3 nitrogen and oxygen atoms in total. The minimum atomic E-state index is -0.193. The first-order valence-corrected chi connectivity index (χ1v) is 8.25. The van der Waals surface area contributed by atoms with Gasteiger partial charge in [0.05, 0.1) is 11.3 Å². The Kier molecular flexibility index (Phi) is 4.68. The maximum absolute atomic E-state index is 12.3. The molecule has 0 saturated carbocycles. The quantitative estimate of drug-likeness (QED) is 0.632.